The van der Waals surface area contributed by atoms with Gasteiger partial charge in [0.15, 0.2) is 5.78 Å². The number of carbonyl (C=O) groups excluding carboxylic acids is 4. The van der Waals surface area contributed by atoms with Crippen molar-refractivity contribution in [3.05, 3.63) is 64.2 Å². The molecule has 2 aromatic rings. The summed E-state index contributed by atoms with van der Waals surface area (Å²) >= 11 is 0. The van der Waals surface area contributed by atoms with Gasteiger partial charge in [-0.05, 0) is 74.8 Å². The van der Waals surface area contributed by atoms with Crippen LogP contribution in [-0.2, 0) is 45.1 Å². The zero-order chi connectivity index (χ0) is 27.0. The van der Waals surface area contributed by atoms with Crippen LogP contribution >= 0.6 is 0 Å². The molecule has 2 aromatic carbocycles. The van der Waals surface area contributed by atoms with E-state index in [9.17, 15) is 19.2 Å². The quantitative estimate of drug-likeness (QED) is 0.406. The lowest BCUT2D eigenvalue weighted by molar-refractivity contribution is -0.155. The first-order valence-electron chi connectivity index (χ1n) is 13.5. The Balaban J connectivity index is 1.23. The summed E-state index contributed by atoms with van der Waals surface area (Å²) in [5.41, 5.74) is 4.40. The third-order valence-electron chi connectivity index (χ3n) is 7.61. The number of Topliss-reactive ketones (excluding diaryl/α,β-unsaturated/α-hetero) is 2. The fourth-order valence-electron chi connectivity index (χ4n) is 5.83. The van der Waals surface area contributed by atoms with Gasteiger partial charge in [0.25, 0.3) is 5.91 Å². The van der Waals surface area contributed by atoms with Crippen LogP contribution in [0.25, 0.3) is 0 Å². The van der Waals surface area contributed by atoms with Crippen LogP contribution in [0.15, 0.2) is 36.4 Å². The van der Waals surface area contributed by atoms with Crippen LogP contribution in [-0.4, -0.2) is 40.0 Å². The molecular weight excluding hydrogens is 482 g/mol. The standard InChI is InChI=1S/C31H35NO6/c1-31(2,3)38-29(35)16-20-14-21-8-7-19(13-22(21)15-20)18-37-28-6-4-5-24-25(28)17-32(30(24)36)26-11-9-23(33)10-12-27(26)34/h4-8,13,20,26H,9-12,14-18H2,1-3H3. The highest BCUT2D eigenvalue weighted by atomic mass is 16.6. The summed E-state index contributed by atoms with van der Waals surface area (Å²) in [5, 5.41) is 0. The Hall–Kier alpha value is -3.48. The van der Waals surface area contributed by atoms with Crippen molar-refractivity contribution in [2.45, 2.75) is 90.5 Å². The molecule has 200 valence electrons. The molecule has 2 atom stereocenters. The number of ether oxygens (including phenoxy) is 2. The number of benzene rings is 2. The fraction of sp³-hybridized carbons (Fsp3) is 0.484. The smallest absolute Gasteiger partial charge is 0.306 e. The Morgan fingerprint density at radius 2 is 1.79 bits per heavy atom. The second-order valence-electron chi connectivity index (χ2n) is 11.7. The number of carbonyl (C=O) groups is 4. The van der Waals surface area contributed by atoms with Gasteiger partial charge in [-0.1, -0.05) is 24.3 Å². The molecule has 7 heteroatoms. The van der Waals surface area contributed by atoms with E-state index in [4.69, 9.17) is 9.47 Å². The van der Waals surface area contributed by atoms with E-state index < -0.39 is 11.6 Å². The summed E-state index contributed by atoms with van der Waals surface area (Å²) in [4.78, 5) is 51.6. The van der Waals surface area contributed by atoms with Gasteiger partial charge in [0.1, 0.15) is 23.7 Å². The highest BCUT2D eigenvalue weighted by Gasteiger charge is 2.38. The van der Waals surface area contributed by atoms with Crippen molar-refractivity contribution < 1.29 is 28.7 Å². The lowest BCUT2D eigenvalue weighted by Gasteiger charge is -2.25. The summed E-state index contributed by atoms with van der Waals surface area (Å²) in [6.45, 7) is 6.32. The van der Waals surface area contributed by atoms with Crippen molar-refractivity contribution in [1.82, 2.24) is 4.90 Å². The summed E-state index contributed by atoms with van der Waals surface area (Å²) in [7, 11) is 0. The maximum Gasteiger partial charge on any atom is 0.306 e. The molecule has 1 heterocycles. The van der Waals surface area contributed by atoms with Crippen molar-refractivity contribution >= 4 is 23.4 Å². The first-order chi connectivity index (χ1) is 18.1. The second-order valence-corrected chi connectivity index (χ2v) is 11.7. The molecule has 0 spiro atoms. The summed E-state index contributed by atoms with van der Waals surface area (Å²) in [6.07, 6.45) is 3.30. The number of esters is 1. The summed E-state index contributed by atoms with van der Waals surface area (Å²) in [6, 6.07) is 11.2. The summed E-state index contributed by atoms with van der Waals surface area (Å²) in [5.74, 6) is 0.595. The van der Waals surface area contributed by atoms with Crippen LogP contribution in [0.5, 0.6) is 5.75 Å². The third kappa shape index (κ3) is 5.66. The monoisotopic (exact) mass is 517 g/mol. The molecule has 0 aromatic heterocycles. The van der Waals surface area contributed by atoms with Gasteiger partial charge >= 0.3 is 5.97 Å². The van der Waals surface area contributed by atoms with Gasteiger partial charge in [0.05, 0.1) is 12.6 Å². The minimum absolute atomic E-state index is 0.0393. The van der Waals surface area contributed by atoms with Gasteiger partial charge < -0.3 is 14.4 Å². The Morgan fingerprint density at radius 3 is 2.58 bits per heavy atom. The van der Waals surface area contributed by atoms with Crippen LogP contribution in [0.4, 0.5) is 0 Å². The van der Waals surface area contributed by atoms with Crippen LogP contribution in [0.3, 0.4) is 0 Å². The summed E-state index contributed by atoms with van der Waals surface area (Å²) < 4.78 is 11.7. The molecule has 1 saturated carbocycles. The highest BCUT2D eigenvalue weighted by molar-refractivity contribution is 6.02. The molecule has 0 saturated heterocycles. The van der Waals surface area contributed by atoms with E-state index >= 15 is 0 Å². The SMILES string of the molecule is CC(C)(C)OC(=O)CC1Cc2ccc(COc3cccc4c3CN(C3CCC(=O)CCC3=O)C4=O)cc2C1. The predicted octanol–water partition coefficient (Wildman–Crippen LogP) is 4.75. The highest BCUT2D eigenvalue weighted by Crippen LogP contribution is 2.35. The molecule has 5 rings (SSSR count). The zero-order valence-corrected chi connectivity index (χ0v) is 22.4. The van der Waals surface area contributed by atoms with Gasteiger partial charge in [0.2, 0.25) is 0 Å². The zero-order valence-electron chi connectivity index (χ0n) is 22.4. The fourth-order valence-corrected chi connectivity index (χ4v) is 5.83. The largest absolute Gasteiger partial charge is 0.489 e. The molecule has 0 bridgehead atoms. The molecule has 0 radical (unpaired) electrons. The Kier molecular flexibility index (Phi) is 7.12. The maximum absolute atomic E-state index is 13.2. The molecule has 1 fully saturated rings. The molecule has 1 amide bonds. The number of nitrogens with zero attached hydrogens (tertiary/aromatic N) is 1. The maximum atomic E-state index is 13.2. The number of fused-ring (bicyclic) bond motifs is 2. The van der Waals surface area contributed by atoms with Gasteiger partial charge in [-0.2, -0.15) is 0 Å². The van der Waals surface area contributed by atoms with Crippen molar-refractivity contribution in [2.24, 2.45) is 5.92 Å². The van der Waals surface area contributed by atoms with E-state index in [0.717, 1.165) is 24.0 Å². The first kappa shape index (κ1) is 26.1. The number of hydrogen-bond donors (Lipinski definition) is 0. The molecule has 3 aliphatic rings. The number of rotatable bonds is 6. The van der Waals surface area contributed by atoms with E-state index in [1.165, 1.54) is 11.1 Å². The number of amides is 1. The number of hydrogen-bond acceptors (Lipinski definition) is 6. The van der Waals surface area contributed by atoms with Crippen molar-refractivity contribution in [3.8, 4) is 5.75 Å². The average molecular weight is 518 g/mol. The van der Waals surface area contributed by atoms with E-state index in [-0.39, 0.29) is 42.2 Å². The van der Waals surface area contributed by atoms with Crippen LogP contribution in [0, 0.1) is 5.92 Å². The Bertz CT molecular complexity index is 1290. The Labute approximate surface area is 223 Å². The lowest BCUT2D eigenvalue weighted by atomic mass is 10.0. The topological polar surface area (TPSA) is 90.0 Å². The van der Waals surface area contributed by atoms with Crippen LogP contribution in [0.1, 0.15) is 85.5 Å². The molecule has 2 unspecified atom stereocenters. The van der Waals surface area contributed by atoms with E-state index in [1.807, 2.05) is 26.8 Å². The average Bonchev–Trinajstić information content (AvgIpc) is 3.35. The molecule has 0 N–H and O–H groups in total. The molecule has 7 nitrogen and oxygen atoms in total. The van der Waals surface area contributed by atoms with Gasteiger partial charge in [-0.3, -0.25) is 19.2 Å². The lowest BCUT2D eigenvalue weighted by Crippen LogP contribution is -2.40. The normalized spacial score (nSPS) is 21.2. The minimum Gasteiger partial charge on any atom is -0.489 e. The van der Waals surface area contributed by atoms with Crippen molar-refractivity contribution in [3.63, 3.8) is 0 Å². The van der Waals surface area contributed by atoms with Crippen molar-refractivity contribution in [2.75, 3.05) is 0 Å². The van der Waals surface area contributed by atoms with Gasteiger partial charge in [-0.15, -0.1) is 0 Å². The second kappa shape index (κ2) is 10.4. The number of ketones is 2. The van der Waals surface area contributed by atoms with Crippen molar-refractivity contribution in [1.29, 1.82) is 0 Å². The minimum atomic E-state index is -0.556. The molecular formula is C31H35NO6. The van der Waals surface area contributed by atoms with E-state index in [2.05, 4.69) is 18.2 Å². The predicted molar refractivity (Wildman–Crippen MR) is 141 cm³/mol. The van der Waals surface area contributed by atoms with Gasteiger partial charge in [0, 0.05) is 36.8 Å². The molecule has 38 heavy (non-hydrogen) atoms. The van der Waals surface area contributed by atoms with E-state index in [0.29, 0.717) is 43.7 Å². The van der Waals surface area contributed by atoms with Crippen LogP contribution in [0.2, 0.25) is 0 Å². The van der Waals surface area contributed by atoms with Gasteiger partial charge in [-0.25, -0.2) is 0 Å². The third-order valence-corrected chi connectivity index (χ3v) is 7.61. The first-order valence-corrected chi connectivity index (χ1v) is 13.5. The molecule has 1 aliphatic heterocycles. The van der Waals surface area contributed by atoms with E-state index in [1.54, 1.807) is 17.0 Å². The molecule has 2 aliphatic carbocycles. The van der Waals surface area contributed by atoms with Crippen LogP contribution < -0.4 is 4.74 Å². The Morgan fingerprint density at radius 1 is 1.00 bits per heavy atom.